The Hall–Kier alpha value is 0.480. The maximum atomic E-state index is 10.3. The van der Waals surface area contributed by atoms with Crippen LogP contribution in [0.5, 0.6) is 0 Å². The molecule has 0 aliphatic heterocycles. The van der Waals surface area contributed by atoms with Crippen LogP contribution in [0.4, 0.5) is 0 Å². The van der Waals surface area contributed by atoms with Gasteiger partial charge in [0.1, 0.15) is 0 Å². The van der Waals surface area contributed by atoms with Crippen LogP contribution in [0.15, 0.2) is 0 Å². The lowest BCUT2D eigenvalue weighted by molar-refractivity contribution is 0.493. The third kappa shape index (κ3) is 6.48. The molecule has 2 nitrogen and oxygen atoms in total. The van der Waals surface area contributed by atoms with Crippen LogP contribution < -0.4 is 0 Å². The lowest BCUT2D eigenvalue weighted by atomic mass is 10.4. The fourth-order valence-corrected chi connectivity index (χ4v) is 1.42. The Kier molecular flexibility index (Phi) is 3.70. The zero-order valence-corrected chi connectivity index (χ0v) is 6.45. The van der Waals surface area contributed by atoms with E-state index in [9.17, 15) is 4.57 Å². The van der Waals surface area contributed by atoms with Crippen LogP contribution in [0.1, 0.15) is 19.8 Å². The lowest BCUT2D eigenvalue weighted by Gasteiger charge is -1.97. The molecular weight excluding hydrogens is 146 g/mol. The molecule has 0 aliphatic carbocycles. The average molecular weight is 157 g/mol. The molecule has 0 heterocycles. The minimum absolute atomic E-state index is 0.241. The number of halogens is 1. The lowest BCUT2D eigenvalue weighted by Crippen LogP contribution is -1.79. The third-order valence-corrected chi connectivity index (χ3v) is 2.16. The first-order valence-electron chi connectivity index (χ1n) is 2.57. The van der Waals surface area contributed by atoms with Crippen LogP contribution >= 0.6 is 18.0 Å². The summed E-state index contributed by atoms with van der Waals surface area (Å²) in [6.07, 6.45) is 1.89. The van der Waals surface area contributed by atoms with E-state index >= 15 is 0 Å². The maximum absolute atomic E-state index is 10.3. The van der Waals surface area contributed by atoms with Crippen molar-refractivity contribution in [1.29, 1.82) is 0 Å². The summed E-state index contributed by atoms with van der Waals surface area (Å²) in [5, 5.41) is 0. The largest absolute Gasteiger partial charge is 0.333 e. The van der Waals surface area contributed by atoms with Crippen LogP contribution in [0.25, 0.3) is 0 Å². The quantitative estimate of drug-likeness (QED) is 0.636. The Labute approximate surface area is 54.1 Å². The van der Waals surface area contributed by atoms with Crippen LogP contribution in [-0.2, 0) is 4.57 Å². The minimum Gasteiger partial charge on any atom is -0.333 e. The monoisotopic (exact) mass is 156 g/mol. The molecule has 0 aromatic heterocycles. The summed E-state index contributed by atoms with van der Waals surface area (Å²) < 4.78 is 10.3. The minimum atomic E-state index is -3.21. The Morgan fingerprint density at radius 1 is 1.75 bits per heavy atom. The van der Waals surface area contributed by atoms with Crippen LogP contribution in [0.3, 0.4) is 0 Å². The molecule has 0 aromatic carbocycles. The maximum Gasteiger partial charge on any atom is 0.287 e. The van der Waals surface area contributed by atoms with E-state index in [4.69, 9.17) is 16.1 Å². The van der Waals surface area contributed by atoms with Crippen molar-refractivity contribution < 1.29 is 9.46 Å². The molecule has 0 bridgehead atoms. The molecule has 0 aliphatic rings. The van der Waals surface area contributed by atoms with E-state index in [1.165, 1.54) is 0 Å². The molecule has 0 saturated heterocycles. The number of unbranched alkanes of at least 4 members (excludes halogenated alkanes) is 1. The van der Waals surface area contributed by atoms with Gasteiger partial charge in [0.2, 0.25) is 0 Å². The molecule has 0 fully saturated rings. The molecule has 0 spiro atoms. The van der Waals surface area contributed by atoms with E-state index in [-0.39, 0.29) is 6.16 Å². The van der Waals surface area contributed by atoms with Gasteiger partial charge in [0, 0.05) is 6.16 Å². The third-order valence-electron chi connectivity index (χ3n) is 0.787. The van der Waals surface area contributed by atoms with E-state index in [1.54, 1.807) is 0 Å². The van der Waals surface area contributed by atoms with E-state index < -0.39 is 6.72 Å². The molecule has 0 radical (unpaired) electrons. The van der Waals surface area contributed by atoms with E-state index in [0.29, 0.717) is 0 Å². The van der Waals surface area contributed by atoms with Gasteiger partial charge >= 0.3 is 0 Å². The molecule has 4 heteroatoms. The number of hydrogen-bond acceptors (Lipinski definition) is 1. The second kappa shape index (κ2) is 3.49. The van der Waals surface area contributed by atoms with E-state index in [1.807, 2.05) is 6.92 Å². The summed E-state index contributed by atoms with van der Waals surface area (Å²) in [7, 11) is 0. The van der Waals surface area contributed by atoms with Crippen LogP contribution in [-0.4, -0.2) is 11.1 Å². The van der Waals surface area contributed by atoms with E-state index in [0.717, 1.165) is 12.8 Å². The molecule has 0 amide bonds. The van der Waals surface area contributed by atoms with Gasteiger partial charge in [-0.05, 0) is 17.7 Å². The molecule has 0 saturated carbocycles. The fourth-order valence-electron chi connectivity index (χ4n) is 0.353. The van der Waals surface area contributed by atoms with E-state index in [2.05, 4.69) is 0 Å². The van der Waals surface area contributed by atoms with Gasteiger partial charge in [0.15, 0.2) is 0 Å². The zero-order valence-electron chi connectivity index (χ0n) is 4.80. The van der Waals surface area contributed by atoms with Gasteiger partial charge in [-0.15, -0.1) is 0 Å². The molecule has 1 atom stereocenters. The summed E-state index contributed by atoms with van der Waals surface area (Å²) in [4.78, 5) is 8.47. The highest BCUT2D eigenvalue weighted by atomic mass is 35.7. The predicted octanol–water partition coefficient (Wildman–Crippen LogP) is 2.21. The van der Waals surface area contributed by atoms with Crippen LogP contribution in [0.2, 0.25) is 0 Å². The van der Waals surface area contributed by atoms with Crippen molar-refractivity contribution in [2.75, 3.05) is 6.16 Å². The number of hydrogen-bond donors (Lipinski definition) is 1. The van der Waals surface area contributed by atoms with Crippen molar-refractivity contribution in [3.8, 4) is 0 Å². The highest BCUT2D eigenvalue weighted by Gasteiger charge is 2.10. The SMILES string of the molecule is CCCCP(=O)(O)Cl. The Morgan fingerprint density at radius 2 is 2.25 bits per heavy atom. The van der Waals surface area contributed by atoms with Crippen molar-refractivity contribution in [3.63, 3.8) is 0 Å². The standard InChI is InChI=1S/C4H10ClO2P/c1-2-3-4-8(5,6)7/h2-4H2,1H3,(H,6,7). The molecule has 0 rings (SSSR count). The molecule has 1 unspecified atom stereocenters. The van der Waals surface area contributed by atoms with Crippen molar-refractivity contribution in [2.45, 2.75) is 19.8 Å². The van der Waals surface area contributed by atoms with Crippen molar-refractivity contribution in [2.24, 2.45) is 0 Å². The van der Waals surface area contributed by atoms with Gasteiger partial charge in [0.05, 0.1) is 0 Å². The van der Waals surface area contributed by atoms with Gasteiger partial charge in [-0.3, -0.25) is 4.57 Å². The highest BCUT2D eigenvalue weighted by molar-refractivity contribution is 7.84. The zero-order chi connectivity index (χ0) is 6.62. The van der Waals surface area contributed by atoms with Crippen molar-refractivity contribution in [1.82, 2.24) is 0 Å². The van der Waals surface area contributed by atoms with Gasteiger partial charge in [-0.1, -0.05) is 13.3 Å². The second-order valence-electron chi connectivity index (χ2n) is 1.69. The molecule has 1 N–H and O–H groups in total. The summed E-state index contributed by atoms with van der Waals surface area (Å²) >= 11 is 5.02. The van der Waals surface area contributed by atoms with Crippen molar-refractivity contribution >= 4 is 18.0 Å². The first-order chi connectivity index (χ1) is 3.56. The van der Waals surface area contributed by atoms with Gasteiger partial charge in [-0.25, -0.2) is 0 Å². The number of rotatable bonds is 3. The van der Waals surface area contributed by atoms with Gasteiger partial charge in [0.25, 0.3) is 6.72 Å². The topological polar surface area (TPSA) is 37.3 Å². The molecule has 0 aromatic rings. The van der Waals surface area contributed by atoms with Crippen molar-refractivity contribution in [3.05, 3.63) is 0 Å². The van der Waals surface area contributed by atoms with Gasteiger partial charge in [-0.2, -0.15) is 0 Å². The summed E-state index contributed by atoms with van der Waals surface area (Å²) in [6, 6.07) is 0. The molecule has 8 heavy (non-hydrogen) atoms. The predicted molar refractivity (Wildman–Crippen MR) is 35.5 cm³/mol. The summed E-state index contributed by atoms with van der Waals surface area (Å²) in [5.41, 5.74) is 0. The smallest absolute Gasteiger partial charge is 0.287 e. The second-order valence-corrected chi connectivity index (χ2v) is 4.96. The van der Waals surface area contributed by atoms with Gasteiger partial charge < -0.3 is 4.89 Å². The molecule has 50 valence electrons. The summed E-state index contributed by atoms with van der Waals surface area (Å²) in [6.45, 7) is -1.26. The van der Waals surface area contributed by atoms with Crippen LogP contribution in [0, 0.1) is 0 Å². The average Bonchev–Trinajstić information content (AvgIpc) is 1.59. The Balaban J connectivity index is 3.26. The Bertz CT molecular complexity index is 98.2. The highest BCUT2D eigenvalue weighted by Crippen LogP contribution is 2.46. The fraction of sp³-hybridized carbons (Fsp3) is 1.00. The molecular formula is C4H10ClO2P. The Morgan fingerprint density at radius 3 is 2.38 bits per heavy atom. The summed E-state index contributed by atoms with van der Waals surface area (Å²) in [5.74, 6) is 0. The normalized spacial score (nSPS) is 17.9. The first kappa shape index (κ1) is 8.48. The first-order valence-corrected chi connectivity index (χ1v) is 5.32.